The molecular formula is C34H44N4O5. The summed E-state index contributed by atoms with van der Waals surface area (Å²) in [4.78, 5) is 41.8. The first-order chi connectivity index (χ1) is 20.8. The maximum absolute atomic E-state index is 12.7. The zero-order valence-corrected chi connectivity index (χ0v) is 25.4. The van der Waals surface area contributed by atoms with Gasteiger partial charge in [0.2, 0.25) is 11.8 Å². The van der Waals surface area contributed by atoms with Gasteiger partial charge < -0.3 is 24.6 Å². The topological polar surface area (TPSA) is 100 Å². The lowest BCUT2D eigenvalue weighted by Gasteiger charge is -2.52. The Morgan fingerprint density at radius 1 is 0.977 bits per heavy atom. The third-order valence-corrected chi connectivity index (χ3v) is 10.3. The van der Waals surface area contributed by atoms with E-state index in [-0.39, 0.29) is 29.7 Å². The number of benzene rings is 2. The van der Waals surface area contributed by atoms with Crippen LogP contribution in [0.5, 0.6) is 11.5 Å². The van der Waals surface area contributed by atoms with Crippen molar-refractivity contribution in [2.45, 2.75) is 63.3 Å². The van der Waals surface area contributed by atoms with Crippen LogP contribution < -0.4 is 25.0 Å². The highest BCUT2D eigenvalue weighted by atomic mass is 16.5. The molecule has 2 aromatic rings. The number of nitrogens with one attached hydrogen (secondary N) is 2. The minimum atomic E-state index is -0.348. The van der Waals surface area contributed by atoms with Gasteiger partial charge in [-0.1, -0.05) is 12.1 Å². The van der Waals surface area contributed by atoms with E-state index in [1.165, 1.54) is 12.8 Å². The number of hydrogen-bond donors (Lipinski definition) is 2. The number of hydrogen-bond acceptors (Lipinski definition) is 7. The minimum Gasteiger partial charge on any atom is -0.497 e. The molecule has 1 spiro atoms. The lowest BCUT2D eigenvalue weighted by Crippen LogP contribution is -2.55. The molecule has 0 radical (unpaired) electrons. The Balaban J connectivity index is 0.935. The van der Waals surface area contributed by atoms with E-state index in [4.69, 9.17) is 9.47 Å². The van der Waals surface area contributed by atoms with Gasteiger partial charge in [0.05, 0.1) is 20.1 Å². The van der Waals surface area contributed by atoms with Crippen LogP contribution in [0.25, 0.3) is 0 Å². The predicted molar refractivity (Wildman–Crippen MR) is 165 cm³/mol. The van der Waals surface area contributed by atoms with Crippen LogP contribution >= 0.6 is 0 Å². The van der Waals surface area contributed by atoms with Gasteiger partial charge in [0.25, 0.3) is 5.91 Å². The smallest absolute Gasteiger partial charge is 0.251 e. The zero-order valence-electron chi connectivity index (χ0n) is 25.4. The highest BCUT2D eigenvalue weighted by molar-refractivity contribution is 6.01. The van der Waals surface area contributed by atoms with Crippen molar-refractivity contribution in [3.8, 4) is 11.5 Å². The Morgan fingerprint density at radius 2 is 1.74 bits per heavy atom. The van der Waals surface area contributed by atoms with Gasteiger partial charge in [-0.3, -0.25) is 19.7 Å². The molecule has 230 valence electrons. The molecule has 1 saturated carbocycles. The summed E-state index contributed by atoms with van der Waals surface area (Å²) < 4.78 is 10.9. The summed E-state index contributed by atoms with van der Waals surface area (Å²) in [5, 5.41) is 5.69. The fraction of sp³-hybridized carbons (Fsp3) is 0.559. The summed E-state index contributed by atoms with van der Waals surface area (Å²) in [6.45, 7) is 5.49. The molecule has 3 aliphatic heterocycles. The molecule has 9 heteroatoms. The fourth-order valence-electron chi connectivity index (χ4n) is 7.65. The predicted octanol–water partition coefficient (Wildman–Crippen LogP) is 4.12. The minimum absolute atomic E-state index is 0.00812. The van der Waals surface area contributed by atoms with Crippen LogP contribution in [0.3, 0.4) is 0 Å². The number of carbonyl (C=O) groups excluding carboxylic acids is 3. The van der Waals surface area contributed by atoms with Crippen molar-refractivity contribution in [3.63, 3.8) is 0 Å². The number of rotatable bonds is 8. The first-order valence-electron chi connectivity index (χ1n) is 15.8. The Kier molecular flexibility index (Phi) is 8.61. The number of likely N-dealkylation sites (tertiary alicyclic amines) is 1. The number of anilines is 1. The van der Waals surface area contributed by atoms with Gasteiger partial charge in [0.1, 0.15) is 11.5 Å². The normalized spacial score (nSPS) is 23.0. The van der Waals surface area contributed by atoms with E-state index in [1.54, 1.807) is 20.3 Å². The Morgan fingerprint density at radius 3 is 2.44 bits per heavy atom. The summed E-state index contributed by atoms with van der Waals surface area (Å²) in [7, 11) is 3.26. The molecule has 1 unspecified atom stereocenters. The number of piperidine rings is 3. The monoisotopic (exact) mass is 588 g/mol. The summed E-state index contributed by atoms with van der Waals surface area (Å²) in [6, 6.07) is 13.8. The van der Waals surface area contributed by atoms with Crippen molar-refractivity contribution < 1.29 is 23.9 Å². The van der Waals surface area contributed by atoms with Crippen LogP contribution in [0.15, 0.2) is 42.5 Å². The van der Waals surface area contributed by atoms with Crippen LogP contribution in [0.2, 0.25) is 0 Å². The molecule has 1 atom stereocenters. The molecule has 3 heterocycles. The third-order valence-electron chi connectivity index (χ3n) is 10.3. The number of ether oxygens (including phenoxy) is 2. The molecule has 0 aromatic heterocycles. The molecule has 43 heavy (non-hydrogen) atoms. The lowest BCUT2D eigenvalue weighted by atomic mass is 9.60. The van der Waals surface area contributed by atoms with Crippen LogP contribution in [0.4, 0.5) is 5.69 Å². The van der Waals surface area contributed by atoms with Gasteiger partial charge in [0, 0.05) is 55.0 Å². The molecule has 2 aromatic carbocycles. The standard InChI is InChI=1S/C34H44N4O5/c1-42-27-5-3-4-24(18-27)32(40)35-25-20-34(21-25)12-16-37(17-13-34)22-23-10-14-38(15-11-23)26-6-7-28(30(19-26)43-2)29-8-9-31(39)36-33(29)41/h3-7,18-19,23,25,29H,8-17,20-22H2,1-2H3,(H,35,40)(H,36,39,41). The summed E-state index contributed by atoms with van der Waals surface area (Å²) in [5.41, 5.74) is 3.03. The van der Waals surface area contributed by atoms with Gasteiger partial charge in [-0.05, 0) is 93.6 Å². The fourth-order valence-corrected chi connectivity index (χ4v) is 7.65. The van der Waals surface area contributed by atoms with Crippen molar-refractivity contribution in [2.75, 3.05) is 51.8 Å². The zero-order chi connectivity index (χ0) is 30.0. The van der Waals surface area contributed by atoms with E-state index in [2.05, 4.69) is 32.6 Å². The molecule has 2 N–H and O–H groups in total. The number of methoxy groups -OCH3 is 2. The Bertz CT molecular complexity index is 1340. The van der Waals surface area contributed by atoms with Gasteiger partial charge in [-0.2, -0.15) is 0 Å². The average molecular weight is 589 g/mol. The van der Waals surface area contributed by atoms with E-state index in [0.717, 1.165) is 75.4 Å². The van der Waals surface area contributed by atoms with Crippen LogP contribution in [0.1, 0.15) is 73.2 Å². The van der Waals surface area contributed by atoms with Gasteiger partial charge >= 0.3 is 0 Å². The van der Waals surface area contributed by atoms with E-state index >= 15 is 0 Å². The van der Waals surface area contributed by atoms with Crippen molar-refractivity contribution >= 4 is 23.4 Å². The number of imide groups is 1. The second kappa shape index (κ2) is 12.6. The van der Waals surface area contributed by atoms with E-state index in [1.807, 2.05) is 24.3 Å². The molecule has 3 saturated heterocycles. The van der Waals surface area contributed by atoms with E-state index in [0.29, 0.717) is 35.5 Å². The molecule has 0 bridgehead atoms. The van der Waals surface area contributed by atoms with Crippen LogP contribution in [-0.2, 0) is 9.59 Å². The van der Waals surface area contributed by atoms with Crippen molar-refractivity contribution in [1.29, 1.82) is 0 Å². The number of nitrogens with zero attached hydrogens (tertiary/aromatic N) is 2. The SMILES string of the molecule is COc1cccc(C(=O)NC2CC3(CCN(CC4CCN(c5ccc(C6CCC(=O)NC6=O)c(OC)c5)CC4)CC3)C2)c1. The van der Waals surface area contributed by atoms with E-state index < -0.39 is 0 Å². The van der Waals surface area contributed by atoms with Gasteiger partial charge in [0.15, 0.2) is 0 Å². The molecule has 4 aliphatic rings. The second-order valence-electron chi connectivity index (χ2n) is 13.0. The molecular weight excluding hydrogens is 544 g/mol. The van der Waals surface area contributed by atoms with Gasteiger partial charge in [-0.25, -0.2) is 0 Å². The van der Waals surface area contributed by atoms with Gasteiger partial charge in [-0.15, -0.1) is 0 Å². The van der Waals surface area contributed by atoms with Crippen molar-refractivity contribution in [3.05, 3.63) is 53.6 Å². The van der Waals surface area contributed by atoms with Crippen LogP contribution in [0, 0.1) is 11.3 Å². The van der Waals surface area contributed by atoms with Crippen molar-refractivity contribution in [1.82, 2.24) is 15.5 Å². The molecule has 6 rings (SSSR count). The maximum atomic E-state index is 12.7. The van der Waals surface area contributed by atoms with Crippen molar-refractivity contribution in [2.24, 2.45) is 11.3 Å². The largest absolute Gasteiger partial charge is 0.497 e. The summed E-state index contributed by atoms with van der Waals surface area (Å²) >= 11 is 0. The van der Waals surface area contributed by atoms with Crippen LogP contribution in [-0.4, -0.2) is 75.6 Å². The number of carbonyl (C=O) groups is 3. The number of amides is 3. The molecule has 9 nitrogen and oxygen atoms in total. The highest BCUT2D eigenvalue weighted by Crippen LogP contribution is 2.49. The Labute approximate surface area is 254 Å². The highest BCUT2D eigenvalue weighted by Gasteiger charge is 2.46. The average Bonchev–Trinajstić information content (AvgIpc) is 3.01. The molecule has 3 amide bonds. The van der Waals surface area contributed by atoms with E-state index in [9.17, 15) is 14.4 Å². The maximum Gasteiger partial charge on any atom is 0.251 e. The molecule has 1 aliphatic carbocycles. The second-order valence-corrected chi connectivity index (χ2v) is 13.0. The lowest BCUT2D eigenvalue weighted by molar-refractivity contribution is -0.134. The quantitative estimate of drug-likeness (QED) is 0.448. The summed E-state index contributed by atoms with van der Waals surface area (Å²) in [6.07, 6.45) is 7.81. The third kappa shape index (κ3) is 6.51. The first kappa shape index (κ1) is 29.5. The summed E-state index contributed by atoms with van der Waals surface area (Å²) in [5.74, 6) is 1.33. The first-order valence-corrected chi connectivity index (χ1v) is 15.8. The Hall–Kier alpha value is -3.59. The molecule has 4 fully saturated rings.